The van der Waals surface area contributed by atoms with Gasteiger partial charge in [-0.1, -0.05) is 0 Å². The number of aryl methyl sites for hydroxylation is 1. The van der Waals surface area contributed by atoms with Crippen molar-refractivity contribution < 1.29 is 14.7 Å². The van der Waals surface area contributed by atoms with Crippen molar-refractivity contribution in [2.45, 2.75) is 35.9 Å². The van der Waals surface area contributed by atoms with Crippen molar-refractivity contribution in [2.24, 2.45) is 5.92 Å². The van der Waals surface area contributed by atoms with E-state index in [9.17, 15) is 14.7 Å². The Morgan fingerprint density at radius 1 is 1.12 bits per heavy atom. The van der Waals surface area contributed by atoms with Crippen LogP contribution < -0.4 is 10.6 Å². The smallest absolute Gasteiger partial charge is 0.238 e. The summed E-state index contributed by atoms with van der Waals surface area (Å²) >= 11 is 1.43. The van der Waals surface area contributed by atoms with E-state index in [-0.39, 0.29) is 24.3 Å². The molecule has 4 N–H and O–H groups in total. The Kier molecular flexibility index (Phi) is 7.41. The molecule has 2 amide bonds. The van der Waals surface area contributed by atoms with Gasteiger partial charge in [0.2, 0.25) is 17.8 Å². The van der Waals surface area contributed by atoms with Crippen LogP contribution in [0.15, 0.2) is 58.7 Å². The number of likely N-dealkylation sites (tertiary alicyclic amines) is 2. The summed E-state index contributed by atoms with van der Waals surface area (Å²) < 4.78 is 1.86. The molecule has 2 fully saturated rings. The molecule has 40 heavy (non-hydrogen) atoms. The van der Waals surface area contributed by atoms with Crippen LogP contribution in [-0.4, -0.2) is 90.1 Å². The number of hydrogen-bond donors (Lipinski definition) is 4. The maximum atomic E-state index is 12.7. The van der Waals surface area contributed by atoms with Gasteiger partial charge < -0.3 is 20.6 Å². The first kappa shape index (κ1) is 26.3. The Morgan fingerprint density at radius 3 is 2.73 bits per heavy atom. The molecule has 208 valence electrons. The number of rotatable bonds is 8. The summed E-state index contributed by atoms with van der Waals surface area (Å²) in [4.78, 5) is 39.4. The summed E-state index contributed by atoms with van der Waals surface area (Å²) in [5, 5.41) is 23.6. The predicted molar refractivity (Wildman–Crippen MR) is 151 cm³/mol. The van der Waals surface area contributed by atoms with Gasteiger partial charge in [0.25, 0.3) is 0 Å². The lowest BCUT2D eigenvalue weighted by Crippen LogP contribution is -2.37. The number of hydrogen-bond acceptors (Lipinski definition) is 9. The summed E-state index contributed by atoms with van der Waals surface area (Å²) in [6.45, 7) is 4.47. The van der Waals surface area contributed by atoms with Gasteiger partial charge in [-0.25, -0.2) is 4.98 Å². The highest BCUT2D eigenvalue weighted by molar-refractivity contribution is 7.99. The number of aromatic amines is 1. The van der Waals surface area contributed by atoms with Crippen LogP contribution in [0.5, 0.6) is 0 Å². The molecule has 2 atom stereocenters. The molecule has 0 unspecified atom stereocenters. The van der Waals surface area contributed by atoms with Crippen molar-refractivity contribution in [1.82, 2.24) is 34.4 Å². The third kappa shape index (κ3) is 5.96. The summed E-state index contributed by atoms with van der Waals surface area (Å²) in [6, 6.07) is 13.3. The maximum absolute atomic E-state index is 12.7. The Labute approximate surface area is 235 Å². The number of aliphatic hydroxyl groups is 1. The third-order valence-electron chi connectivity index (χ3n) is 7.12. The Bertz CT molecular complexity index is 1520. The van der Waals surface area contributed by atoms with Crippen LogP contribution in [0.4, 0.5) is 17.5 Å². The van der Waals surface area contributed by atoms with Crippen LogP contribution in [-0.2, 0) is 9.59 Å². The minimum atomic E-state index is -0.418. The largest absolute Gasteiger partial charge is 0.391 e. The second kappa shape index (κ2) is 11.3. The SMILES string of the molecule is Cc1cc(Nc2nc(Sc3ccc(NC(=O)CN4CC[C@@H](C(=O)N5CC[C@H](O)C5)C4)cc3)nc3cccn23)n[nH]1. The van der Waals surface area contributed by atoms with Crippen molar-refractivity contribution >= 4 is 46.7 Å². The fraction of sp³-hybridized carbons (Fsp3) is 0.370. The number of carbonyl (C=O) groups is 2. The standard InChI is InChI=1S/C27H31N9O3S/c1-17-13-22(33-32-17)29-26-31-27(30-23-3-2-10-36(23)26)40-21-6-4-19(5-7-21)28-24(38)16-34-11-8-18(14-34)25(39)35-12-9-20(37)15-35/h2-7,10,13,18,20,37H,8-9,11-12,14-16H2,1H3,(H,28,38)(H2,29,30,31,32,33)/t18-,20+/m1/s1. The van der Waals surface area contributed by atoms with Crippen LogP contribution in [0.3, 0.4) is 0 Å². The highest BCUT2D eigenvalue weighted by atomic mass is 32.2. The molecule has 6 rings (SSSR count). The Balaban J connectivity index is 1.03. The van der Waals surface area contributed by atoms with E-state index in [0.29, 0.717) is 55.2 Å². The van der Waals surface area contributed by atoms with Crippen LogP contribution in [0.25, 0.3) is 5.65 Å². The van der Waals surface area contributed by atoms with Gasteiger partial charge in [0.1, 0.15) is 5.65 Å². The molecular weight excluding hydrogens is 530 g/mol. The van der Waals surface area contributed by atoms with Gasteiger partial charge >= 0.3 is 0 Å². The molecule has 0 spiro atoms. The summed E-state index contributed by atoms with van der Waals surface area (Å²) in [5.74, 6) is 1.14. The zero-order chi connectivity index (χ0) is 27.6. The number of aromatic nitrogens is 5. The lowest BCUT2D eigenvalue weighted by atomic mass is 10.1. The van der Waals surface area contributed by atoms with Crippen LogP contribution >= 0.6 is 11.8 Å². The number of anilines is 3. The van der Waals surface area contributed by atoms with Crippen molar-refractivity contribution in [3.05, 3.63) is 54.4 Å². The molecule has 5 heterocycles. The molecule has 0 aliphatic carbocycles. The van der Waals surface area contributed by atoms with Gasteiger partial charge in [0.15, 0.2) is 11.0 Å². The number of β-amino-alcohol motifs (C(OH)–C–C–N with tert-alkyl or cyclic N) is 1. The average Bonchev–Trinajstić information content (AvgIpc) is 3.74. The molecule has 2 saturated heterocycles. The van der Waals surface area contributed by atoms with Gasteiger partial charge in [-0.2, -0.15) is 10.1 Å². The number of fused-ring (bicyclic) bond motifs is 1. The lowest BCUT2D eigenvalue weighted by molar-refractivity contribution is -0.134. The number of carbonyl (C=O) groups excluding carboxylic acids is 2. The number of nitrogens with one attached hydrogen (secondary N) is 3. The molecule has 2 aliphatic heterocycles. The molecule has 12 nitrogen and oxygen atoms in total. The van der Waals surface area contributed by atoms with E-state index >= 15 is 0 Å². The van der Waals surface area contributed by atoms with E-state index in [4.69, 9.17) is 0 Å². The number of H-pyrrole nitrogens is 1. The van der Waals surface area contributed by atoms with Crippen molar-refractivity contribution in [2.75, 3.05) is 43.4 Å². The molecule has 1 aromatic carbocycles. The third-order valence-corrected chi connectivity index (χ3v) is 8.00. The first-order valence-corrected chi connectivity index (χ1v) is 14.1. The molecule has 0 saturated carbocycles. The summed E-state index contributed by atoms with van der Waals surface area (Å²) in [6.07, 6.45) is 2.85. The van der Waals surface area contributed by atoms with E-state index < -0.39 is 6.10 Å². The number of nitrogens with zero attached hydrogens (tertiary/aromatic N) is 6. The highest BCUT2D eigenvalue weighted by Crippen LogP contribution is 2.28. The van der Waals surface area contributed by atoms with E-state index in [1.165, 1.54) is 11.8 Å². The van der Waals surface area contributed by atoms with Crippen LogP contribution in [0.1, 0.15) is 18.5 Å². The molecule has 0 bridgehead atoms. The normalized spacial score (nSPS) is 19.4. The quantitative estimate of drug-likeness (QED) is 0.255. The second-order valence-corrected chi connectivity index (χ2v) is 11.3. The van der Waals surface area contributed by atoms with Gasteiger partial charge in [-0.3, -0.25) is 24.0 Å². The maximum Gasteiger partial charge on any atom is 0.238 e. The Hall–Kier alpha value is -3.94. The van der Waals surface area contributed by atoms with Crippen molar-refractivity contribution in [1.29, 1.82) is 0 Å². The molecule has 0 radical (unpaired) electrons. The van der Waals surface area contributed by atoms with Gasteiger partial charge in [0.05, 0.1) is 18.6 Å². The Morgan fingerprint density at radius 2 is 1.98 bits per heavy atom. The highest BCUT2D eigenvalue weighted by Gasteiger charge is 2.34. The average molecular weight is 562 g/mol. The first-order valence-electron chi connectivity index (χ1n) is 13.3. The van der Waals surface area contributed by atoms with Crippen LogP contribution in [0, 0.1) is 12.8 Å². The van der Waals surface area contributed by atoms with Gasteiger partial charge in [0, 0.05) is 48.2 Å². The second-order valence-electron chi connectivity index (χ2n) is 10.2. The van der Waals surface area contributed by atoms with E-state index in [0.717, 1.165) is 22.7 Å². The van der Waals surface area contributed by atoms with Gasteiger partial charge in [-0.05, 0) is 74.5 Å². The molecule has 4 aromatic rings. The topological polar surface area (TPSA) is 144 Å². The monoisotopic (exact) mass is 561 g/mol. The summed E-state index contributed by atoms with van der Waals surface area (Å²) in [5.41, 5.74) is 2.41. The zero-order valence-corrected chi connectivity index (χ0v) is 22.9. The van der Waals surface area contributed by atoms with Crippen LogP contribution in [0.2, 0.25) is 0 Å². The summed E-state index contributed by atoms with van der Waals surface area (Å²) in [7, 11) is 0. The zero-order valence-electron chi connectivity index (χ0n) is 22.1. The van der Waals surface area contributed by atoms with E-state index in [2.05, 4.69) is 30.8 Å². The molecule has 2 aliphatic rings. The molecular formula is C27H31N9O3S. The van der Waals surface area contributed by atoms with E-state index in [1.807, 2.05) is 64.9 Å². The van der Waals surface area contributed by atoms with Crippen molar-refractivity contribution in [3.63, 3.8) is 0 Å². The fourth-order valence-corrected chi connectivity index (χ4v) is 5.89. The minimum absolute atomic E-state index is 0.0896. The molecule has 13 heteroatoms. The number of aliphatic hydroxyl groups excluding tert-OH is 1. The molecule has 3 aromatic heterocycles. The minimum Gasteiger partial charge on any atom is -0.391 e. The van der Waals surface area contributed by atoms with Gasteiger partial charge in [-0.15, -0.1) is 0 Å². The van der Waals surface area contributed by atoms with Crippen molar-refractivity contribution in [3.8, 4) is 0 Å². The first-order chi connectivity index (χ1) is 19.4. The number of amides is 2. The fourth-order valence-electron chi connectivity index (χ4n) is 5.13. The van der Waals surface area contributed by atoms with E-state index in [1.54, 1.807) is 4.90 Å². The number of benzene rings is 1. The predicted octanol–water partition coefficient (Wildman–Crippen LogP) is 2.51. The lowest BCUT2D eigenvalue weighted by Gasteiger charge is -2.20.